The number of methoxy groups -OCH3 is 1. The molecule has 0 bridgehead atoms. The molecule has 1 N–H and O–H groups in total. The standard InChI is InChI=1S/C24H26N4O3/c1-28-9-7-16(8-10-28)14-31-23-13-20-18(12-22(23)29-2)24(26-15-25-20)27-19-5-6-21-17(19)4-3-11-30-21/h3-6,11-13,15-16H,7-10,14H2,1-2H3,(H,25,26,27). The molecule has 160 valence electrons. The first-order valence-electron chi connectivity index (χ1n) is 10.6. The maximum atomic E-state index is 6.18. The van der Waals surface area contributed by atoms with Gasteiger partial charge in [-0.05, 0) is 69.2 Å². The smallest absolute Gasteiger partial charge is 0.163 e. The third-order valence-corrected chi connectivity index (χ3v) is 5.98. The predicted molar refractivity (Wildman–Crippen MR) is 120 cm³/mol. The topological polar surface area (TPSA) is 72.6 Å². The fourth-order valence-corrected chi connectivity index (χ4v) is 4.10. The zero-order chi connectivity index (χ0) is 21.2. The van der Waals surface area contributed by atoms with Crippen molar-refractivity contribution in [3.63, 3.8) is 0 Å². The van der Waals surface area contributed by atoms with E-state index in [4.69, 9.17) is 13.9 Å². The Morgan fingerprint density at radius 3 is 2.84 bits per heavy atom. The highest BCUT2D eigenvalue weighted by Crippen LogP contribution is 2.38. The lowest BCUT2D eigenvalue weighted by molar-refractivity contribution is 0.157. The van der Waals surface area contributed by atoms with Gasteiger partial charge in [-0.1, -0.05) is 0 Å². The van der Waals surface area contributed by atoms with E-state index < -0.39 is 0 Å². The molecule has 1 aliphatic carbocycles. The molecule has 3 aliphatic rings. The van der Waals surface area contributed by atoms with Gasteiger partial charge in [0.15, 0.2) is 11.5 Å². The number of nitrogens with one attached hydrogen (secondary N) is 1. The van der Waals surface area contributed by atoms with E-state index in [1.807, 2.05) is 36.4 Å². The summed E-state index contributed by atoms with van der Waals surface area (Å²) in [5.41, 5.74) is 2.73. The first-order chi connectivity index (χ1) is 15.2. The Morgan fingerprint density at radius 1 is 1.13 bits per heavy atom. The quantitative estimate of drug-likeness (QED) is 0.482. The molecule has 1 fully saturated rings. The van der Waals surface area contributed by atoms with Gasteiger partial charge in [0.2, 0.25) is 0 Å². The molecule has 2 aromatic rings. The number of fused-ring (bicyclic) bond motifs is 2. The summed E-state index contributed by atoms with van der Waals surface area (Å²) in [4.78, 5) is 11.3. The highest BCUT2D eigenvalue weighted by molar-refractivity contribution is 5.94. The molecule has 2 aliphatic heterocycles. The average Bonchev–Trinajstić information content (AvgIpc) is 3.21. The summed E-state index contributed by atoms with van der Waals surface area (Å²) in [6, 6.07) is 11.7. The molecule has 31 heavy (non-hydrogen) atoms. The van der Waals surface area contributed by atoms with Gasteiger partial charge in [-0.2, -0.15) is 0 Å². The first kappa shape index (κ1) is 19.6. The molecule has 1 aromatic carbocycles. The van der Waals surface area contributed by atoms with E-state index in [1.165, 1.54) is 0 Å². The van der Waals surface area contributed by atoms with Crippen LogP contribution in [-0.4, -0.2) is 48.7 Å². The van der Waals surface area contributed by atoms with Gasteiger partial charge in [0.05, 0.1) is 31.2 Å². The Hall–Kier alpha value is -3.32. The van der Waals surface area contributed by atoms with Crippen LogP contribution in [0.4, 0.5) is 11.5 Å². The summed E-state index contributed by atoms with van der Waals surface area (Å²) >= 11 is 0. The minimum atomic E-state index is 0.565. The summed E-state index contributed by atoms with van der Waals surface area (Å²) in [5.74, 6) is 3.50. The Balaban J connectivity index is 1.41. The van der Waals surface area contributed by atoms with Crippen LogP contribution in [0.3, 0.4) is 0 Å². The number of benzene rings is 1. The van der Waals surface area contributed by atoms with Crippen LogP contribution in [0.5, 0.6) is 11.5 Å². The van der Waals surface area contributed by atoms with Crippen LogP contribution in [0, 0.1) is 5.92 Å². The summed E-state index contributed by atoms with van der Waals surface area (Å²) in [7, 11) is 3.83. The molecule has 0 amide bonds. The van der Waals surface area contributed by atoms with Crippen LogP contribution in [0.25, 0.3) is 22.2 Å². The molecule has 1 aromatic heterocycles. The van der Waals surface area contributed by atoms with Crippen LogP contribution in [0.15, 0.2) is 53.4 Å². The van der Waals surface area contributed by atoms with Crippen molar-refractivity contribution in [2.75, 3.05) is 39.2 Å². The van der Waals surface area contributed by atoms with Gasteiger partial charge < -0.3 is 24.1 Å². The van der Waals surface area contributed by atoms with Crippen molar-refractivity contribution < 1.29 is 13.9 Å². The molecule has 0 atom stereocenters. The zero-order valence-corrected chi connectivity index (χ0v) is 17.8. The number of aromatic nitrogens is 2. The van der Waals surface area contributed by atoms with Crippen molar-refractivity contribution >= 4 is 22.4 Å². The predicted octanol–water partition coefficient (Wildman–Crippen LogP) is 4.80. The number of piperidine rings is 1. The monoisotopic (exact) mass is 418 g/mol. The largest absolute Gasteiger partial charge is 0.493 e. The van der Waals surface area contributed by atoms with E-state index in [2.05, 4.69) is 27.2 Å². The molecule has 0 unspecified atom stereocenters. The summed E-state index contributed by atoms with van der Waals surface area (Å²) < 4.78 is 17.4. The van der Waals surface area contributed by atoms with E-state index in [-0.39, 0.29) is 0 Å². The minimum Gasteiger partial charge on any atom is -0.493 e. The molecule has 7 heteroatoms. The Morgan fingerprint density at radius 2 is 2.00 bits per heavy atom. The lowest BCUT2D eigenvalue weighted by Crippen LogP contribution is -2.32. The minimum absolute atomic E-state index is 0.565. The van der Waals surface area contributed by atoms with Crippen LogP contribution >= 0.6 is 0 Å². The fourth-order valence-electron chi connectivity index (χ4n) is 4.10. The van der Waals surface area contributed by atoms with Crippen molar-refractivity contribution in [1.29, 1.82) is 0 Å². The highest BCUT2D eigenvalue weighted by Gasteiger charge is 2.19. The van der Waals surface area contributed by atoms with Gasteiger partial charge in [0.1, 0.15) is 17.9 Å². The molecule has 5 rings (SSSR count). The Bertz CT molecular complexity index is 1150. The SMILES string of the molecule is COc1cc2c(Nc3ccc4occcc3-4)ncnc2cc1OCC1CCN(C)CC1. The van der Waals surface area contributed by atoms with E-state index in [0.717, 1.165) is 59.6 Å². The van der Waals surface area contributed by atoms with E-state index >= 15 is 0 Å². The number of hydrogen-bond acceptors (Lipinski definition) is 7. The second kappa shape index (κ2) is 8.43. The van der Waals surface area contributed by atoms with Gasteiger partial charge in [-0.25, -0.2) is 9.97 Å². The van der Waals surface area contributed by atoms with E-state index in [1.54, 1.807) is 19.7 Å². The average molecular weight is 418 g/mol. The molecule has 3 heterocycles. The van der Waals surface area contributed by atoms with Crippen LogP contribution < -0.4 is 14.8 Å². The molecular formula is C24H26N4O3. The molecule has 0 spiro atoms. The molecule has 7 nitrogen and oxygen atoms in total. The van der Waals surface area contributed by atoms with Crippen LogP contribution in [-0.2, 0) is 0 Å². The maximum Gasteiger partial charge on any atom is 0.163 e. The summed E-state index contributed by atoms with van der Waals surface area (Å²) in [5, 5.41) is 4.29. The van der Waals surface area contributed by atoms with Gasteiger partial charge >= 0.3 is 0 Å². The zero-order valence-electron chi connectivity index (χ0n) is 17.8. The van der Waals surface area contributed by atoms with Crippen LogP contribution in [0.2, 0.25) is 0 Å². The van der Waals surface area contributed by atoms with Crippen molar-refractivity contribution in [2.45, 2.75) is 12.8 Å². The van der Waals surface area contributed by atoms with E-state index in [9.17, 15) is 0 Å². The summed E-state index contributed by atoms with van der Waals surface area (Å²) in [6.07, 6.45) is 5.54. The second-order valence-corrected chi connectivity index (χ2v) is 8.06. The third kappa shape index (κ3) is 4.01. The highest BCUT2D eigenvalue weighted by atomic mass is 16.5. The first-order valence-corrected chi connectivity index (χ1v) is 10.6. The Kier molecular flexibility index (Phi) is 5.34. The lowest BCUT2D eigenvalue weighted by atomic mass is 9.98. The van der Waals surface area contributed by atoms with Gasteiger partial charge in [-0.3, -0.25) is 0 Å². The lowest BCUT2D eigenvalue weighted by Gasteiger charge is -2.28. The number of rotatable bonds is 6. The van der Waals surface area contributed by atoms with Gasteiger partial charge in [0, 0.05) is 17.0 Å². The van der Waals surface area contributed by atoms with Gasteiger partial charge in [-0.15, -0.1) is 0 Å². The fraction of sp³-hybridized carbons (Fsp3) is 0.333. The van der Waals surface area contributed by atoms with Crippen molar-refractivity contribution in [3.05, 3.63) is 49.0 Å². The third-order valence-electron chi connectivity index (χ3n) is 5.98. The molecule has 0 saturated carbocycles. The number of anilines is 2. The number of nitrogens with zero attached hydrogens (tertiary/aromatic N) is 3. The van der Waals surface area contributed by atoms with Crippen molar-refractivity contribution in [2.24, 2.45) is 5.92 Å². The normalized spacial score (nSPS) is 15.4. The molecule has 0 radical (unpaired) electrons. The van der Waals surface area contributed by atoms with Crippen molar-refractivity contribution in [3.8, 4) is 22.8 Å². The summed E-state index contributed by atoms with van der Waals surface area (Å²) in [6.45, 7) is 2.93. The molecule has 1 saturated heterocycles. The number of likely N-dealkylation sites (tertiary alicyclic amines) is 1. The Labute approximate surface area is 181 Å². The van der Waals surface area contributed by atoms with E-state index in [0.29, 0.717) is 24.1 Å². The number of hydrogen-bond donors (Lipinski definition) is 1. The maximum absolute atomic E-state index is 6.18. The molecular weight excluding hydrogens is 392 g/mol. The van der Waals surface area contributed by atoms with Crippen LogP contribution in [0.1, 0.15) is 12.8 Å². The van der Waals surface area contributed by atoms with Crippen molar-refractivity contribution in [1.82, 2.24) is 14.9 Å². The second-order valence-electron chi connectivity index (χ2n) is 8.06. The van der Waals surface area contributed by atoms with Gasteiger partial charge in [0.25, 0.3) is 0 Å². The number of ether oxygens (including phenoxy) is 2.